The molecule has 2 rings (SSSR count). The molecule has 1 aliphatic rings. The topological polar surface area (TPSA) is 55.6 Å². The summed E-state index contributed by atoms with van der Waals surface area (Å²) in [5.74, 6) is 0.645. The van der Waals surface area contributed by atoms with Gasteiger partial charge in [0.1, 0.15) is 5.75 Å². The highest BCUT2D eigenvalue weighted by molar-refractivity contribution is 5.98. The van der Waals surface area contributed by atoms with Gasteiger partial charge in [0.25, 0.3) is 5.91 Å². The third-order valence-corrected chi connectivity index (χ3v) is 2.99. The van der Waals surface area contributed by atoms with E-state index in [4.69, 9.17) is 10.5 Å². The van der Waals surface area contributed by atoms with Crippen molar-refractivity contribution in [3.05, 3.63) is 23.8 Å². The van der Waals surface area contributed by atoms with E-state index in [0.29, 0.717) is 17.0 Å². The highest BCUT2D eigenvalue weighted by Crippen LogP contribution is 2.25. The fraction of sp³-hybridized carbons (Fsp3) is 0.500. The molecule has 0 unspecified atom stereocenters. The second-order valence-corrected chi connectivity index (χ2v) is 4.92. The van der Waals surface area contributed by atoms with Gasteiger partial charge in [-0.2, -0.15) is 0 Å². The zero-order valence-electron chi connectivity index (χ0n) is 11.0. The van der Waals surface area contributed by atoms with Crippen molar-refractivity contribution in [3.8, 4) is 5.75 Å². The number of nitrogen functional groups attached to an aromatic ring is 1. The average molecular weight is 248 g/mol. The molecule has 1 saturated heterocycles. The van der Waals surface area contributed by atoms with Crippen LogP contribution in [0.5, 0.6) is 5.75 Å². The van der Waals surface area contributed by atoms with Gasteiger partial charge in [-0.15, -0.1) is 0 Å². The number of nitrogens with two attached hydrogens (primary N) is 1. The molecule has 98 valence electrons. The maximum Gasteiger partial charge on any atom is 0.257 e. The highest BCUT2D eigenvalue weighted by Gasteiger charge is 2.23. The molecular formula is C14H20N2O2. The maximum absolute atomic E-state index is 12.4. The fourth-order valence-corrected chi connectivity index (χ4v) is 2.16. The number of anilines is 1. The number of likely N-dealkylation sites (tertiary alicyclic amines) is 1. The predicted octanol–water partition coefficient (Wildman–Crippen LogP) is 2.29. The van der Waals surface area contributed by atoms with Gasteiger partial charge in [0.05, 0.1) is 11.7 Å². The Bertz CT molecular complexity index is 437. The largest absolute Gasteiger partial charge is 0.490 e. The third kappa shape index (κ3) is 2.75. The minimum Gasteiger partial charge on any atom is -0.490 e. The molecule has 4 nitrogen and oxygen atoms in total. The van der Waals surface area contributed by atoms with E-state index in [9.17, 15) is 4.79 Å². The van der Waals surface area contributed by atoms with Gasteiger partial charge in [-0.05, 0) is 44.9 Å². The lowest BCUT2D eigenvalue weighted by atomic mass is 10.1. The van der Waals surface area contributed by atoms with Crippen LogP contribution >= 0.6 is 0 Å². The number of hydrogen-bond donors (Lipinski definition) is 1. The minimum absolute atomic E-state index is 0.0236. The lowest BCUT2D eigenvalue weighted by molar-refractivity contribution is 0.0786. The first-order valence-electron chi connectivity index (χ1n) is 6.43. The van der Waals surface area contributed by atoms with Crippen molar-refractivity contribution in [1.29, 1.82) is 0 Å². The standard InChI is InChI=1S/C14H20N2O2/c1-10(2)18-13-6-5-11(15)9-12(13)14(17)16-7-3-4-8-16/h5-6,9-10H,3-4,7-8,15H2,1-2H3. The quantitative estimate of drug-likeness (QED) is 0.835. The van der Waals surface area contributed by atoms with Crippen LogP contribution in [0, 0.1) is 0 Å². The average Bonchev–Trinajstić information content (AvgIpc) is 2.83. The summed E-state index contributed by atoms with van der Waals surface area (Å²) in [5.41, 5.74) is 6.93. The monoisotopic (exact) mass is 248 g/mol. The minimum atomic E-state index is 0.0236. The van der Waals surface area contributed by atoms with E-state index in [2.05, 4.69) is 0 Å². The van der Waals surface area contributed by atoms with E-state index in [1.807, 2.05) is 18.7 Å². The maximum atomic E-state index is 12.4. The van der Waals surface area contributed by atoms with Crippen molar-refractivity contribution in [2.75, 3.05) is 18.8 Å². The number of carbonyl (C=O) groups excluding carboxylic acids is 1. The molecular weight excluding hydrogens is 228 g/mol. The van der Waals surface area contributed by atoms with Gasteiger partial charge >= 0.3 is 0 Å². The molecule has 1 fully saturated rings. The molecule has 1 aromatic rings. The van der Waals surface area contributed by atoms with Gasteiger partial charge in [0.15, 0.2) is 0 Å². The van der Waals surface area contributed by atoms with E-state index in [-0.39, 0.29) is 12.0 Å². The van der Waals surface area contributed by atoms with Crippen molar-refractivity contribution < 1.29 is 9.53 Å². The van der Waals surface area contributed by atoms with Crippen molar-refractivity contribution in [2.24, 2.45) is 0 Å². The molecule has 0 aromatic heterocycles. The molecule has 0 radical (unpaired) electrons. The Balaban J connectivity index is 2.28. The summed E-state index contributed by atoms with van der Waals surface area (Å²) in [7, 11) is 0. The number of ether oxygens (including phenoxy) is 1. The molecule has 0 aliphatic carbocycles. The Hall–Kier alpha value is -1.71. The Morgan fingerprint density at radius 3 is 2.61 bits per heavy atom. The SMILES string of the molecule is CC(C)Oc1ccc(N)cc1C(=O)N1CCCC1. The number of benzene rings is 1. The number of amides is 1. The van der Waals surface area contributed by atoms with Crippen LogP contribution in [-0.2, 0) is 0 Å². The highest BCUT2D eigenvalue weighted by atomic mass is 16.5. The molecule has 1 aliphatic heterocycles. The summed E-state index contributed by atoms with van der Waals surface area (Å²) < 4.78 is 5.68. The Kier molecular flexibility index (Phi) is 3.75. The number of rotatable bonds is 3. The van der Waals surface area contributed by atoms with E-state index < -0.39 is 0 Å². The van der Waals surface area contributed by atoms with E-state index in [0.717, 1.165) is 25.9 Å². The van der Waals surface area contributed by atoms with Crippen molar-refractivity contribution in [2.45, 2.75) is 32.8 Å². The Morgan fingerprint density at radius 2 is 2.00 bits per heavy atom. The molecule has 1 aromatic carbocycles. The summed E-state index contributed by atoms with van der Waals surface area (Å²) in [5, 5.41) is 0. The first kappa shape index (κ1) is 12.7. The third-order valence-electron chi connectivity index (χ3n) is 2.99. The van der Waals surface area contributed by atoms with Crippen LogP contribution in [0.3, 0.4) is 0 Å². The van der Waals surface area contributed by atoms with Gasteiger partial charge < -0.3 is 15.4 Å². The predicted molar refractivity (Wildman–Crippen MR) is 71.8 cm³/mol. The molecule has 0 saturated carbocycles. The molecule has 2 N–H and O–H groups in total. The smallest absolute Gasteiger partial charge is 0.257 e. The zero-order valence-corrected chi connectivity index (χ0v) is 11.0. The summed E-state index contributed by atoms with van der Waals surface area (Å²) in [6, 6.07) is 5.25. The van der Waals surface area contributed by atoms with Gasteiger partial charge in [-0.3, -0.25) is 4.79 Å². The van der Waals surface area contributed by atoms with Crippen LogP contribution in [0.1, 0.15) is 37.0 Å². The summed E-state index contributed by atoms with van der Waals surface area (Å²) >= 11 is 0. The summed E-state index contributed by atoms with van der Waals surface area (Å²) in [6.07, 6.45) is 2.20. The van der Waals surface area contributed by atoms with Crippen LogP contribution in [0.25, 0.3) is 0 Å². The van der Waals surface area contributed by atoms with Gasteiger partial charge in [-0.25, -0.2) is 0 Å². The summed E-state index contributed by atoms with van der Waals surface area (Å²) in [6.45, 7) is 5.55. The molecule has 0 bridgehead atoms. The first-order chi connectivity index (χ1) is 8.58. The van der Waals surface area contributed by atoms with Gasteiger partial charge in [0.2, 0.25) is 0 Å². The molecule has 1 heterocycles. The molecule has 18 heavy (non-hydrogen) atoms. The second-order valence-electron chi connectivity index (χ2n) is 4.92. The summed E-state index contributed by atoms with van der Waals surface area (Å²) in [4.78, 5) is 14.3. The number of nitrogens with zero attached hydrogens (tertiary/aromatic N) is 1. The van der Waals surface area contributed by atoms with E-state index in [1.54, 1.807) is 18.2 Å². The van der Waals surface area contributed by atoms with Crippen LogP contribution < -0.4 is 10.5 Å². The van der Waals surface area contributed by atoms with E-state index >= 15 is 0 Å². The van der Waals surface area contributed by atoms with Crippen molar-refractivity contribution in [1.82, 2.24) is 4.90 Å². The molecule has 0 spiro atoms. The lowest BCUT2D eigenvalue weighted by Crippen LogP contribution is -2.28. The Morgan fingerprint density at radius 1 is 1.33 bits per heavy atom. The van der Waals surface area contributed by atoms with Gasteiger partial charge in [-0.1, -0.05) is 0 Å². The van der Waals surface area contributed by atoms with E-state index in [1.165, 1.54) is 0 Å². The van der Waals surface area contributed by atoms with Crippen molar-refractivity contribution in [3.63, 3.8) is 0 Å². The van der Waals surface area contributed by atoms with Crippen molar-refractivity contribution >= 4 is 11.6 Å². The fourth-order valence-electron chi connectivity index (χ4n) is 2.16. The van der Waals surface area contributed by atoms with Gasteiger partial charge in [0, 0.05) is 18.8 Å². The van der Waals surface area contributed by atoms with Crippen LogP contribution in [0.2, 0.25) is 0 Å². The van der Waals surface area contributed by atoms with Crippen LogP contribution in [-0.4, -0.2) is 30.0 Å². The molecule has 1 amide bonds. The lowest BCUT2D eigenvalue weighted by Gasteiger charge is -2.19. The molecule has 0 atom stereocenters. The van der Waals surface area contributed by atoms with Crippen LogP contribution in [0.15, 0.2) is 18.2 Å². The number of hydrogen-bond acceptors (Lipinski definition) is 3. The second kappa shape index (κ2) is 5.29. The van der Waals surface area contributed by atoms with Crippen LogP contribution in [0.4, 0.5) is 5.69 Å². The normalized spacial score (nSPS) is 15.2. The molecule has 4 heteroatoms. The number of carbonyl (C=O) groups is 1. The Labute approximate surface area is 108 Å². The first-order valence-corrected chi connectivity index (χ1v) is 6.43. The zero-order chi connectivity index (χ0) is 13.1.